The fourth-order valence-electron chi connectivity index (χ4n) is 1.04. The Hall–Kier alpha value is -0.920. The lowest BCUT2D eigenvalue weighted by Gasteiger charge is -2.08. The Morgan fingerprint density at radius 2 is 2.06 bits per heavy atom. The summed E-state index contributed by atoms with van der Waals surface area (Å²) in [7, 11) is -0.462. The van der Waals surface area contributed by atoms with Gasteiger partial charge < -0.3 is 5.11 Å². The molecule has 1 rings (SSSR count). The number of rotatable bonds is 5. The number of hydrogen-bond donors (Lipinski definition) is 1. The average Bonchev–Trinajstić information content (AvgIpc) is 2.63. The topological polar surface area (TPSA) is 74.7 Å². The predicted octanol–water partition coefficient (Wildman–Crippen LogP) is 1.02. The minimum absolute atomic E-state index is 0.0158. The Kier molecular flexibility index (Phi) is 4.06. The van der Waals surface area contributed by atoms with E-state index in [9.17, 15) is 13.2 Å². The molecule has 0 aliphatic rings. The van der Waals surface area contributed by atoms with Crippen LogP contribution in [0.25, 0.3) is 0 Å². The molecule has 0 atom stereocenters. The molecule has 16 heavy (non-hydrogen) atoms. The normalized spacial score (nSPS) is 11.9. The van der Waals surface area contributed by atoms with Gasteiger partial charge in [-0.2, -0.15) is 0 Å². The lowest BCUT2D eigenvalue weighted by Crippen LogP contribution is -2.21. The van der Waals surface area contributed by atoms with Crippen LogP contribution in [-0.2, 0) is 21.2 Å². The maximum absolute atomic E-state index is 11.7. The minimum Gasteiger partial charge on any atom is -0.481 e. The van der Waals surface area contributed by atoms with Crippen molar-refractivity contribution in [3.63, 3.8) is 0 Å². The van der Waals surface area contributed by atoms with Crippen molar-refractivity contribution in [2.24, 2.45) is 0 Å². The smallest absolute Gasteiger partial charge is 0.303 e. The first-order valence-electron chi connectivity index (χ1n) is 4.57. The molecule has 0 aromatic carbocycles. The molecule has 0 aliphatic carbocycles. The van der Waals surface area contributed by atoms with Gasteiger partial charge in [0, 0.05) is 19.0 Å². The maximum Gasteiger partial charge on any atom is 0.303 e. The van der Waals surface area contributed by atoms with Gasteiger partial charge in [-0.3, -0.25) is 4.79 Å². The number of thiophene rings is 1. The zero-order valence-electron chi connectivity index (χ0n) is 9.00. The molecule has 0 aliphatic heterocycles. The van der Waals surface area contributed by atoms with Gasteiger partial charge >= 0.3 is 5.97 Å². The monoisotopic (exact) mass is 263 g/mol. The van der Waals surface area contributed by atoms with E-state index in [-0.39, 0.29) is 10.6 Å². The first-order valence-corrected chi connectivity index (χ1v) is 6.82. The summed E-state index contributed by atoms with van der Waals surface area (Å²) in [5.41, 5.74) is 0. The zero-order chi connectivity index (χ0) is 12.3. The third kappa shape index (κ3) is 3.03. The standard InChI is InChI=1S/C9H13NO4S2/c1-10(2)16(13,14)9-6-4-7(15-9)3-5-8(11)12/h4,6H,3,5H2,1-2H3,(H,11,12). The molecule has 0 amide bonds. The van der Waals surface area contributed by atoms with Crippen LogP contribution in [0.1, 0.15) is 11.3 Å². The second kappa shape index (κ2) is 4.94. The van der Waals surface area contributed by atoms with E-state index >= 15 is 0 Å². The van der Waals surface area contributed by atoms with Crippen molar-refractivity contribution in [1.29, 1.82) is 0 Å². The average molecular weight is 263 g/mol. The largest absolute Gasteiger partial charge is 0.481 e. The number of hydrogen-bond acceptors (Lipinski definition) is 4. The van der Waals surface area contributed by atoms with Crippen LogP contribution in [0.4, 0.5) is 0 Å². The molecule has 5 nitrogen and oxygen atoms in total. The summed E-state index contributed by atoms with van der Waals surface area (Å²) >= 11 is 1.12. The Morgan fingerprint density at radius 1 is 1.44 bits per heavy atom. The summed E-state index contributed by atoms with van der Waals surface area (Å²) in [5, 5.41) is 8.51. The highest BCUT2D eigenvalue weighted by atomic mass is 32.2. The first kappa shape index (κ1) is 13.1. The van der Waals surface area contributed by atoms with Gasteiger partial charge in [0.15, 0.2) is 0 Å². The molecule has 7 heteroatoms. The molecular weight excluding hydrogens is 250 g/mol. The van der Waals surface area contributed by atoms with Crippen molar-refractivity contribution in [1.82, 2.24) is 4.31 Å². The summed E-state index contributed by atoms with van der Waals surface area (Å²) in [6.07, 6.45) is 0.380. The number of nitrogens with zero attached hydrogens (tertiary/aromatic N) is 1. The van der Waals surface area contributed by atoms with Crippen LogP contribution < -0.4 is 0 Å². The fraction of sp³-hybridized carbons (Fsp3) is 0.444. The van der Waals surface area contributed by atoms with Crippen LogP contribution in [0.3, 0.4) is 0 Å². The van der Waals surface area contributed by atoms with Crippen molar-refractivity contribution in [2.75, 3.05) is 14.1 Å². The molecule has 1 N–H and O–H groups in total. The second-order valence-corrected chi connectivity index (χ2v) is 6.95. The van der Waals surface area contributed by atoms with Gasteiger partial charge in [0.2, 0.25) is 0 Å². The van der Waals surface area contributed by atoms with Crippen LogP contribution in [0.5, 0.6) is 0 Å². The highest BCUT2D eigenvalue weighted by Crippen LogP contribution is 2.24. The van der Waals surface area contributed by atoms with Crippen LogP contribution in [0.15, 0.2) is 16.3 Å². The van der Waals surface area contributed by atoms with Crippen LogP contribution in [0, 0.1) is 0 Å². The molecule has 90 valence electrons. The number of carbonyl (C=O) groups is 1. The number of carboxylic acids is 1. The number of aryl methyl sites for hydroxylation is 1. The molecule has 0 saturated heterocycles. The Bertz CT molecular complexity index is 475. The van der Waals surface area contributed by atoms with Crippen molar-refractivity contribution in [3.05, 3.63) is 17.0 Å². The van der Waals surface area contributed by atoms with Crippen LogP contribution in [0.2, 0.25) is 0 Å². The highest BCUT2D eigenvalue weighted by Gasteiger charge is 2.19. The van der Waals surface area contributed by atoms with Gasteiger partial charge in [0.25, 0.3) is 10.0 Å². The molecule has 0 radical (unpaired) electrons. The summed E-state index contributed by atoms with van der Waals surface area (Å²) in [6, 6.07) is 3.17. The lowest BCUT2D eigenvalue weighted by atomic mass is 10.3. The van der Waals surface area contributed by atoms with Gasteiger partial charge in [-0.25, -0.2) is 12.7 Å². The molecule has 0 fully saturated rings. The van der Waals surface area contributed by atoms with E-state index in [0.717, 1.165) is 20.5 Å². The predicted molar refractivity (Wildman–Crippen MR) is 61.1 cm³/mol. The summed E-state index contributed by atoms with van der Waals surface area (Å²) in [6.45, 7) is 0. The third-order valence-electron chi connectivity index (χ3n) is 1.96. The first-order chi connectivity index (χ1) is 7.34. The highest BCUT2D eigenvalue weighted by molar-refractivity contribution is 7.91. The lowest BCUT2D eigenvalue weighted by molar-refractivity contribution is -0.136. The molecule has 1 aromatic rings. The fourth-order valence-corrected chi connectivity index (χ4v) is 3.57. The number of sulfonamides is 1. The van der Waals surface area contributed by atoms with Crippen LogP contribution in [-0.4, -0.2) is 37.9 Å². The maximum atomic E-state index is 11.7. The van der Waals surface area contributed by atoms with Gasteiger partial charge in [0.05, 0.1) is 6.42 Å². The van der Waals surface area contributed by atoms with E-state index in [1.165, 1.54) is 20.2 Å². The van der Waals surface area contributed by atoms with Gasteiger partial charge in [-0.15, -0.1) is 11.3 Å². The Balaban J connectivity index is 2.83. The van der Waals surface area contributed by atoms with Crippen molar-refractivity contribution in [3.8, 4) is 0 Å². The summed E-state index contributed by atoms with van der Waals surface area (Å²) in [4.78, 5) is 11.1. The Labute approximate surface area is 98.4 Å². The molecule has 0 saturated carbocycles. The second-order valence-electron chi connectivity index (χ2n) is 3.40. The van der Waals surface area contributed by atoms with Gasteiger partial charge in [-0.1, -0.05) is 0 Å². The Morgan fingerprint density at radius 3 is 2.56 bits per heavy atom. The van der Waals surface area contributed by atoms with Crippen molar-refractivity contribution < 1.29 is 18.3 Å². The van der Waals surface area contributed by atoms with Gasteiger partial charge in [0.1, 0.15) is 4.21 Å². The molecule has 0 unspecified atom stereocenters. The minimum atomic E-state index is -3.39. The zero-order valence-corrected chi connectivity index (χ0v) is 10.6. The molecule has 0 spiro atoms. The van der Waals surface area contributed by atoms with Crippen molar-refractivity contribution >= 4 is 27.3 Å². The van der Waals surface area contributed by atoms with Crippen LogP contribution >= 0.6 is 11.3 Å². The summed E-state index contributed by atoms with van der Waals surface area (Å²) in [5.74, 6) is -0.884. The van der Waals surface area contributed by atoms with Crippen molar-refractivity contribution in [2.45, 2.75) is 17.1 Å². The van der Waals surface area contributed by atoms with E-state index in [0.29, 0.717) is 6.42 Å². The quantitative estimate of drug-likeness (QED) is 0.860. The van der Waals surface area contributed by atoms with Gasteiger partial charge in [-0.05, 0) is 18.6 Å². The van der Waals surface area contributed by atoms with E-state index < -0.39 is 16.0 Å². The van der Waals surface area contributed by atoms with E-state index in [4.69, 9.17) is 5.11 Å². The van der Waals surface area contributed by atoms with E-state index in [1.807, 2.05) is 0 Å². The number of aliphatic carboxylic acids is 1. The molecule has 1 heterocycles. The van der Waals surface area contributed by atoms with E-state index in [1.54, 1.807) is 6.07 Å². The van der Waals surface area contributed by atoms with E-state index in [2.05, 4.69) is 0 Å². The molecule has 1 aromatic heterocycles. The molecular formula is C9H13NO4S2. The molecule has 0 bridgehead atoms. The SMILES string of the molecule is CN(C)S(=O)(=O)c1ccc(CCC(=O)O)s1. The summed E-state index contributed by atoms with van der Waals surface area (Å²) < 4.78 is 24.8. The number of carboxylic acid groups (broad SMARTS) is 1. The third-order valence-corrected chi connectivity index (χ3v) is 5.38.